The molecule has 7 heteroatoms. The minimum absolute atomic E-state index is 0.00322. The van der Waals surface area contributed by atoms with Crippen molar-refractivity contribution in [2.24, 2.45) is 0 Å². The van der Waals surface area contributed by atoms with Crippen LogP contribution in [0.25, 0.3) is 10.9 Å². The Kier molecular flexibility index (Phi) is 3.08. The summed E-state index contributed by atoms with van der Waals surface area (Å²) in [7, 11) is 0. The van der Waals surface area contributed by atoms with E-state index in [1.165, 1.54) is 12.1 Å². The molecule has 18 heavy (non-hydrogen) atoms. The second-order valence-electron chi connectivity index (χ2n) is 3.82. The van der Waals surface area contributed by atoms with Gasteiger partial charge in [-0.05, 0) is 28.9 Å². The first-order valence-corrected chi connectivity index (χ1v) is 5.81. The number of alkyl halides is 1. The fourth-order valence-electron chi connectivity index (χ4n) is 1.75. The van der Waals surface area contributed by atoms with E-state index in [1.807, 2.05) is 0 Å². The molecule has 2 aromatic rings. The van der Waals surface area contributed by atoms with Gasteiger partial charge in [-0.2, -0.15) is 0 Å². The summed E-state index contributed by atoms with van der Waals surface area (Å²) in [5.41, 5.74) is 1.31. The lowest BCUT2D eigenvalue weighted by atomic mass is 10.1. The highest BCUT2D eigenvalue weighted by atomic mass is 79.9. The molecule has 0 saturated carbocycles. The zero-order chi connectivity index (χ0) is 13.3. The van der Waals surface area contributed by atoms with E-state index >= 15 is 0 Å². The van der Waals surface area contributed by atoms with Crippen LogP contribution >= 0.6 is 15.9 Å². The zero-order valence-electron chi connectivity index (χ0n) is 9.34. The van der Waals surface area contributed by atoms with E-state index in [4.69, 9.17) is 4.74 Å². The van der Waals surface area contributed by atoms with E-state index in [-0.39, 0.29) is 5.69 Å². The van der Waals surface area contributed by atoms with Crippen LogP contribution in [0.4, 0.5) is 5.69 Å². The van der Waals surface area contributed by atoms with Gasteiger partial charge in [0.2, 0.25) is 0 Å². The Balaban J connectivity index is 2.55. The summed E-state index contributed by atoms with van der Waals surface area (Å²) < 4.78 is 3.97. The maximum Gasteiger partial charge on any atom is 0.294 e. The van der Waals surface area contributed by atoms with Gasteiger partial charge in [-0.3, -0.25) is 14.9 Å². The van der Waals surface area contributed by atoms with Gasteiger partial charge in [-0.1, -0.05) is 0 Å². The molecule has 0 aliphatic carbocycles. The third-order valence-corrected chi connectivity index (χ3v) is 3.24. The maximum atomic E-state index is 10.7. The van der Waals surface area contributed by atoms with Crippen LogP contribution < -0.4 is 0 Å². The summed E-state index contributed by atoms with van der Waals surface area (Å²) >= 11 is 3.29. The second-order valence-corrected chi connectivity index (χ2v) is 5.33. The number of halogens is 1. The predicted molar refractivity (Wildman–Crippen MR) is 68.4 cm³/mol. The van der Waals surface area contributed by atoms with Crippen molar-refractivity contribution in [1.29, 1.82) is 0 Å². The number of rotatable bonds is 4. The van der Waals surface area contributed by atoms with Crippen LogP contribution in [0.2, 0.25) is 0 Å². The molecule has 0 aliphatic heterocycles. The molecule has 0 radical (unpaired) electrons. The Morgan fingerprint density at radius 1 is 1.56 bits per heavy atom. The van der Waals surface area contributed by atoms with Crippen LogP contribution in [0.1, 0.15) is 12.5 Å². The van der Waals surface area contributed by atoms with E-state index < -0.39 is 9.43 Å². The Hall–Kier alpha value is -1.89. The standard InChI is InChI=1S/C11H9BrN2O4/c1-11(12,18-6-15)9-5-13-10-4-7(14(16)17)2-3-8(9)10/h2-6,13H,1H3. The monoisotopic (exact) mass is 312 g/mol. The van der Waals surface area contributed by atoms with Crippen molar-refractivity contribution >= 4 is 39.0 Å². The number of hydrogen-bond acceptors (Lipinski definition) is 4. The molecule has 1 aromatic carbocycles. The van der Waals surface area contributed by atoms with Crippen molar-refractivity contribution in [3.63, 3.8) is 0 Å². The largest absolute Gasteiger partial charge is 0.445 e. The number of H-pyrrole nitrogens is 1. The Labute approximate surface area is 110 Å². The first kappa shape index (κ1) is 12.6. The Morgan fingerprint density at radius 2 is 2.28 bits per heavy atom. The molecule has 1 aromatic heterocycles. The van der Waals surface area contributed by atoms with Crippen LogP contribution in [-0.2, 0) is 14.0 Å². The average Bonchev–Trinajstić information content (AvgIpc) is 2.71. The van der Waals surface area contributed by atoms with E-state index in [0.29, 0.717) is 17.6 Å². The molecule has 1 unspecified atom stereocenters. The van der Waals surface area contributed by atoms with Crippen LogP contribution in [0.3, 0.4) is 0 Å². The van der Waals surface area contributed by atoms with Gasteiger partial charge in [0, 0.05) is 29.3 Å². The summed E-state index contributed by atoms with van der Waals surface area (Å²) in [6.45, 7) is 2.02. The smallest absolute Gasteiger partial charge is 0.294 e. The lowest BCUT2D eigenvalue weighted by molar-refractivity contribution is -0.384. The molecule has 0 fully saturated rings. The second kappa shape index (κ2) is 4.41. The molecular formula is C11H9BrN2O4. The molecule has 1 atom stereocenters. The summed E-state index contributed by atoms with van der Waals surface area (Å²) in [6, 6.07) is 4.46. The summed E-state index contributed by atoms with van der Waals surface area (Å²) in [6.07, 6.45) is 1.65. The molecule has 0 spiro atoms. The number of nitro groups is 1. The average molecular weight is 313 g/mol. The molecule has 1 N–H and O–H groups in total. The Bertz CT molecular complexity index is 621. The fraction of sp³-hybridized carbons (Fsp3) is 0.182. The van der Waals surface area contributed by atoms with Crippen molar-refractivity contribution in [2.45, 2.75) is 11.4 Å². The first-order valence-electron chi connectivity index (χ1n) is 5.02. The number of fused-ring (bicyclic) bond motifs is 1. The van der Waals surface area contributed by atoms with E-state index in [2.05, 4.69) is 20.9 Å². The van der Waals surface area contributed by atoms with Gasteiger partial charge >= 0.3 is 0 Å². The van der Waals surface area contributed by atoms with Crippen molar-refractivity contribution in [3.05, 3.63) is 40.1 Å². The van der Waals surface area contributed by atoms with Gasteiger partial charge < -0.3 is 9.72 Å². The molecule has 0 bridgehead atoms. The number of nitro benzene ring substituents is 1. The molecule has 0 aliphatic rings. The lowest BCUT2D eigenvalue weighted by Crippen LogP contribution is -2.16. The molecule has 0 saturated heterocycles. The van der Waals surface area contributed by atoms with Gasteiger partial charge in [-0.15, -0.1) is 0 Å². The first-order chi connectivity index (χ1) is 8.45. The number of aromatic amines is 1. The molecule has 6 nitrogen and oxygen atoms in total. The highest BCUT2D eigenvalue weighted by molar-refractivity contribution is 9.09. The third-order valence-electron chi connectivity index (χ3n) is 2.63. The van der Waals surface area contributed by atoms with Crippen molar-refractivity contribution < 1.29 is 14.5 Å². The minimum Gasteiger partial charge on any atom is -0.445 e. The maximum absolute atomic E-state index is 10.7. The van der Waals surface area contributed by atoms with Gasteiger partial charge in [0.25, 0.3) is 12.2 Å². The van der Waals surface area contributed by atoms with Gasteiger partial charge in [0.15, 0.2) is 4.51 Å². The normalized spacial score (nSPS) is 14.1. The highest BCUT2D eigenvalue weighted by Gasteiger charge is 2.28. The molecule has 94 valence electrons. The number of carbonyl (C=O) groups excluding carboxylic acids is 1. The van der Waals surface area contributed by atoms with Crippen molar-refractivity contribution in [2.75, 3.05) is 0 Å². The number of non-ortho nitro benzene ring substituents is 1. The SMILES string of the molecule is CC(Br)(OC=O)c1c[nH]c2cc([N+](=O)[O-])ccc12. The number of aromatic nitrogens is 1. The van der Waals surface area contributed by atoms with E-state index in [1.54, 1.807) is 19.2 Å². The molecule has 2 rings (SSSR count). The summed E-state index contributed by atoms with van der Waals surface area (Å²) in [5, 5.41) is 11.4. The number of nitrogens with zero attached hydrogens (tertiary/aromatic N) is 1. The number of ether oxygens (including phenoxy) is 1. The fourth-order valence-corrected chi connectivity index (χ4v) is 2.16. The molecule has 0 amide bonds. The van der Waals surface area contributed by atoms with Gasteiger partial charge in [-0.25, -0.2) is 0 Å². The predicted octanol–water partition coefficient (Wildman–Crippen LogP) is 2.82. The van der Waals surface area contributed by atoms with Crippen LogP contribution in [0.5, 0.6) is 0 Å². The minimum atomic E-state index is -0.969. The van der Waals surface area contributed by atoms with E-state index in [9.17, 15) is 14.9 Å². The summed E-state index contributed by atoms with van der Waals surface area (Å²) in [4.78, 5) is 23.6. The van der Waals surface area contributed by atoms with Gasteiger partial charge in [0.05, 0.1) is 10.4 Å². The number of benzene rings is 1. The zero-order valence-corrected chi connectivity index (χ0v) is 10.9. The summed E-state index contributed by atoms with van der Waals surface area (Å²) in [5.74, 6) is 0. The number of hydrogen-bond donors (Lipinski definition) is 1. The number of nitrogens with one attached hydrogen (secondary N) is 1. The topological polar surface area (TPSA) is 85.2 Å². The third kappa shape index (κ3) is 2.08. The molecular weight excluding hydrogens is 304 g/mol. The Morgan fingerprint density at radius 3 is 2.89 bits per heavy atom. The highest BCUT2D eigenvalue weighted by Crippen LogP contribution is 2.37. The van der Waals surface area contributed by atoms with Crippen LogP contribution in [0.15, 0.2) is 24.4 Å². The van der Waals surface area contributed by atoms with Crippen LogP contribution in [0, 0.1) is 10.1 Å². The van der Waals surface area contributed by atoms with Crippen LogP contribution in [-0.4, -0.2) is 16.4 Å². The van der Waals surface area contributed by atoms with Crippen molar-refractivity contribution in [3.8, 4) is 0 Å². The van der Waals surface area contributed by atoms with Crippen molar-refractivity contribution in [1.82, 2.24) is 4.98 Å². The molecule has 1 heterocycles. The quantitative estimate of drug-likeness (QED) is 0.407. The van der Waals surface area contributed by atoms with E-state index in [0.717, 1.165) is 5.39 Å². The van der Waals surface area contributed by atoms with Gasteiger partial charge in [0.1, 0.15) is 0 Å². The lowest BCUT2D eigenvalue weighted by Gasteiger charge is -2.19. The number of carbonyl (C=O) groups is 1.